The van der Waals surface area contributed by atoms with Gasteiger partial charge in [-0.15, -0.1) is 0 Å². The third kappa shape index (κ3) is 5.22. The number of aliphatic hydroxyl groups is 1. The van der Waals surface area contributed by atoms with Crippen molar-refractivity contribution in [2.45, 2.75) is 32.9 Å². The summed E-state index contributed by atoms with van der Waals surface area (Å²) in [5.41, 5.74) is 2.12. The molecule has 6 heteroatoms. The Bertz CT molecular complexity index is 1200. The van der Waals surface area contributed by atoms with Crippen LogP contribution in [-0.2, 0) is 16.1 Å². The van der Waals surface area contributed by atoms with Crippen molar-refractivity contribution >= 4 is 17.4 Å². The molecule has 1 heterocycles. The van der Waals surface area contributed by atoms with Gasteiger partial charge in [-0.2, -0.15) is 0 Å². The standard InChI is InChI=1S/C29H29NO5/c1-3-18-35-24-16-12-22(13-17-24)27(31)25-26(21-10-14-23(15-11-21)34-4-2)30(29(33)28(25)32)19-20-8-6-5-7-9-20/h5-17,26,31H,3-4,18-19H2,1-2H3/b27-25+. The van der Waals surface area contributed by atoms with E-state index in [1.54, 1.807) is 36.4 Å². The lowest BCUT2D eigenvalue weighted by Crippen LogP contribution is -2.29. The monoisotopic (exact) mass is 471 g/mol. The van der Waals surface area contributed by atoms with Crippen molar-refractivity contribution in [3.63, 3.8) is 0 Å². The molecule has 1 aliphatic heterocycles. The minimum Gasteiger partial charge on any atom is -0.507 e. The second-order valence-electron chi connectivity index (χ2n) is 8.29. The number of benzene rings is 3. The van der Waals surface area contributed by atoms with E-state index in [2.05, 4.69) is 0 Å². The molecule has 0 aromatic heterocycles. The first-order chi connectivity index (χ1) is 17.0. The number of carbonyl (C=O) groups excluding carboxylic acids is 2. The van der Waals surface area contributed by atoms with Crippen LogP contribution in [0.2, 0.25) is 0 Å². The van der Waals surface area contributed by atoms with Crippen LogP contribution in [0.3, 0.4) is 0 Å². The number of Topliss-reactive ketones (excluding diaryl/α,β-unsaturated/α-hetero) is 1. The number of hydrogen-bond donors (Lipinski definition) is 1. The zero-order valence-electron chi connectivity index (χ0n) is 19.9. The van der Waals surface area contributed by atoms with Crippen LogP contribution < -0.4 is 9.47 Å². The lowest BCUT2D eigenvalue weighted by atomic mass is 9.95. The van der Waals surface area contributed by atoms with E-state index in [0.29, 0.717) is 35.8 Å². The zero-order valence-corrected chi connectivity index (χ0v) is 19.9. The normalized spacial score (nSPS) is 17.0. The first-order valence-electron chi connectivity index (χ1n) is 11.8. The Labute approximate surface area is 205 Å². The molecule has 1 N–H and O–H groups in total. The van der Waals surface area contributed by atoms with Crippen LogP contribution in [0.25, 0.3) is 5.76 Å². The van der Waals surface area contributed by atoms with Crippen LogP contribution in [0.1, 0.15) is 43.0 Å². The molecule has 1 saturated heterocycles. The van der Waals surface area contributed by atoms with Crippen molar-refractivity contribution < 1.29 is 24.2 Å². The number of ether oxygens (including phenoxy) is 2. The van der Waals surface area contributed by atoms with Crippen molar-refractivity contribution in [1.29, 1.82) is 0 Å². The molecule has 0 saturated carbocycles. The molecule has 1 unspecified atom stereocenters. The van der Waals surface area contributed by atoms with Crippen LogP contribution in [0.15, 0.2) is 84.4 Å². The molecule has 3 aromatic rings. The molecule has 1 fully saturated rings. The SMILES string of the molecule is CCCOc1ccc(/C(O)=C2\C(=O)C(=O)N(Cc3ccccc3)C2c2ccc(OCC)cc2)cc1. The summed E-state index contributed by atoms with van der Waals surface area (Å²) in [6.07, 6.45) is 0.884. The number of ketones is 1. The first kappa shape index (κ1) is 24.1. The maximum atomic E-state index is 13.2. The number of aliphatic hydroxyl groups excluding tert-OH is 1. The number of amides is 1. The first-order valence-corrected chi connectivity index (χ1v) is 11.8. The highest BCUT2D eigenvalue weighted by molar-refractivity contribution is 6.46. The number of carbonyl (C=O) groups is 2. The Hall–Kier alpha value is -4.06. The fraction of sp³-hybridized carbons (Fsp3) is 0.241. The minimum absolute atomic E-state index is 0.0670. The molecule has 1 atom stereocenters. The Morgan fingerprint density at radius 1 is 0.857 bits per heavy atom. The average Bonchev–Trinajstić information content (AvgIpc) is 3.13. The van der Waals surface area contributed by atoms with Gasteiger partial charge >= 0.3 is 0 Å². The van der Waals surface area contributed by atoms with Crippen molar-refractivity contribution in [1.82, 2.24) is 4.90 Å². The predicted octanol–water partition coefficient (Wildman–Crippen LogP) is 5.50. The molecule has 1 aliphatic rings. The van der Waals surface area contributed by atoms with Gasteiger partial charge in [0.05, 0.1) is 24.8 Å². The fourth-order valence-electron chi connectivity index (χ4n) is 4.17. The topological polar surface area (TPSA) is 76.1 Å². The lowest BCUT2D eigenvalue weighted by Gasteiger charge is -2.25. The number of likely N-dealkylation sites (tertiary alicyclic amines) is 1. The quantitative estimate of drug-likeness (QED) is 0.254. The van der Waals surface area contributed by atoms with Gasteiger partial charge in [-0.25, -0.2) is 0 Å². The summed E-state index contributed by atoms with van der Waals surface area (Å²) in [5, 5.41) is 11.2. The van der Waals surface area contributed by atoms with Crippen molar-refractivity contribution in [2.75, 3.05) is 13.2 Å². The van der Waals surface area contributed by atoms with Gasteiger partial charge in [0.25, 0.3) is 11.7 Å². The van der Waals surface area contributed by atoms with E-state index in [9.17, 15) is 14.7 Å². The maximum Gasteiger partial charge on any atom is 0.295 e. The van der Waals surface area contributed by atoms with Gasteiger partial charge in [0.15, 0.2) is 0 Å². The molecule has 0 radical (unpaired) electrons. The van der Waals surface area contributed by atoms with E-state index in [1.165, 1.54) is 4.90 Å². The molecule has 0 bridgehead atoms. The van der Waals surface area contributed by atoms with Crippen molar-refractivity contribution in [3.8, 4) is 11.5 Å². The van der Waals surface area contributed by atoms with E-state index >= 15 is 0 Å². The Morgan fingerprint density at radius 3 is 2.11 bits per heavy atom. The van der Waals surface area contributed by atoms with Gasteiger partial charge in [0, 0.05) is 12.1 Å². The molecule has 4 rings (SSSR count). The number of hydrogen-bond acceptors (Lipinski definition) is 5. The summed E-state index contributed by atoms with van der Waals surface area (Å²) >= 11 is 0. The molecule has 35 heavy (non-hydrogen) atoms. The molecule has 6 nitrogen and oxygen atoms in total. The summed E-state index contributed by atoms with van der Waals surface area (Å²) in [6, 6.07) is 22.9. The van der Waals surface area contributed by atoms with Crippen LogP contribution >= 0.6 is 0 Å². The highest BCUT2D eigenvalue weighted by Gasteiger charge is 2.46. The summed E-state index contributed by atoms with van der Waals surface area (Å²) in [7, 11) is 0. The van der Waals surface area contributed by atoms with Crippen molar-refractivity contribution in [3.05, 3.63) is 101 Å². The molecule has 0 aliphatic carbocycles. The van der Waals surface area contributed by atoms with Crippen LogP contribution in [0.4, 0.5) is 0 Å². The summed E-state index contributed by atoms with van der Waals surface area (Å²) in [6.45, 7) is 5.29. The average molecular weight is 472 g/mol. The summed E-state index contributed by atoms with van der Waals surface area (Å²) in [5.74, 6) is -0.185. The zero-order chi connectivity index (χ0) is 24.8. The van der Waals surface area contributed by atoms with Gasteiger partial charge in [-0.3, -0.25) is 9.59 Å². The maximum absolute atomic E-state index is 13.2. The Balaban J connectivity index is 1.77. The third-order valence-electron chi connectivity index (χ3n) is 5.84. The fourth-order valence-corrected chi connectivity index (χ4v) is 4.17. The predicted molar refractivity (Wildman–Crippen MR) is 134 cm³/mol. The molecule has 0 spiro atoms. The van der Waals surface area contributed by atoms with Crippen molar-refractivity contribution in [2.24, 2.45) is 0 Å². The van der Waals surface area contributed by atoms with E-state index in [0.717, 1.165) is 12.0 Å². The molecular weight excluding hydrogens is 442 g/mol. The summed E-state index contributed by atoms with van der Waals surface area (Å²) in [4.78, 5) is 27.9. The second kappa shape index (κ2) is 10.9. The van der Waals surface area contributed by atoms with Gasteiger partial charge in [-0.05, 0) is 60.9 Å². The smallest absolute Gasteiger partial charge is 0.295 e. The molecule has 1 amide bonds. The largest absolute Gasteiger partial charge is 0.507 e. The highest BCUT2D eigenvalue weighted by Crippen LogP contribution is 2.40. The summed E-state index contributed by atoms with van der Waals surface area (Å²) < 4.78 is 11.2. The molecule has 3 aromatic carbocycles. The Kier molecular flexibility index (Phi) is 7.51. The van der Waals surface area contributed by atoms with Crippen LogP contribution in [-0.4, -0.2) is 34.9 Å². The third-order valence-corrected chi connectivity index (χ3v) is 5.84. The van der Waals surface area contributed by atoms with E-state index in [-0.39, 0.29) is 17.9 Å². The van der Waals surface area contributed by atoms with Gasteiger partial charge in [0.2, 0.25) is 0 Å². The number of nitrogens with zero attached hydrogens (tertiary/aromatic N) is 1. The molecular formula is C29H29NO5. The van der Waals surface area contributed by atoms with E-state index in [4.69, 9.17) is 9.47 Å². The highest BCUT2D eigenvalue weighted by atomic mass is 16.5. The lowest BCUT2D eigenvalue weighted by molar-refractivity contribution is -0.140. The van der Waals surface area contributed by atoms with Crippen LogP contribution in [0.5, 0.6) is 11.5 Å². The van der Waals surface area contributed by atoms with E-state index in [1.807, 2.05) is 56.3 Å². The second-order valence-corrected chi connectivity index (χ2v) is 8.29. The van der Waals surface area contributed by atoms with Gasteiger partial charge in [0.1, 0.15) is 17.3 Å². The van der Waals surface area contributed by atoms with Gasteiger partial charge < -0.3 is 19.5 Å². The molecule has 180 valence electrons. The van der Waals surface area contributed by atoms with Crippen LogP contribution in [0, 0.1) is 0 Å². The van der Waals surface area contributed by atoms with E-state index < -0.39 is 17.7 Å². The Morgan fingerprint density at radius 2 is 1.49 bits per heavy atom. The minimum atomic E-state index is -0.734. The number of rotatable bonds is 9. The van der Waals surface area contributed by atoms with Gasteiger partial charge in [-0.1, -0.05) is 49.4 Å².